The van der Waals surface area contributed by atoms with E-state index in [2.05, 4.69) is 11.1 Å². The van der Waals surface area contributed by atoms with Crippen LogP contribution in [-0.4, -0.2) is 80.5 Å². The molecule has 0 fully saturated rings. The van der Waals surface area contributed by atoms with Crippen molar-refractivity contribution < 1.29 is 39.6 Å². The van der Waals surface area contributed by atoms with Crippen LogP contribution in [0.25, 0.3) is 0 Å². The molecule has 1 aliphatic heterocycles. The van der Waals surface area contributed by atoms with E-state index in [1.807, 2.05) is 0 Å². The molecular weight excluding hydrogens is 376 g/mol. The zero-order valence-electron chi connectivity index (χ0n) is 15.3. The lowest BCUT2D eigenvalue weighted by Gasteiger charge is -2.29. The summed E-state index contributed by atoms with van der Waals surface area (Å²) >= 11 is 0. The second-order valence-electron chi connectivity index (χ2n) is 6.54. The lowest BCUT2D eigenvalue weighted by molar-refractivity contribution is -0.143. The Bertz CT molecular complexity index is 609. The van der Waals surface area contributed by atoms with Gasteiger partial charge in [-0.05, 0) is 25.2 Å². The van der Waals surface area contributed by atoms with Crippen LogP contribution in [-0.2, 0) is 19.2 Å². The van der Waals surface area contributed by atoms with Crippen LogP contribution < -0.4 is 11.1 Å². The van der Waals surface area contributed by atoms with Gasteiger partial charge in [-0.15, -0.1) is 0 Å². The van der Waals surface area contributed by atoms with Gasteiger partial charge < -0.3 is 20.4 Å². The first-order valence-corrected chi connectivity index (χ1v) is 8.72. The van der Waals surface area contributed by atoms with Crippen LogP contribution in [0.15, 0.2) is 11.6 Å². The van der Waals surface area contributed by atoms with Gasteiger partial charge in [0.05, 0.1) is 6.42 Å². The summed E-state index contributed by atoms with van der Waals surface area (Å²) in [5.41, 5.74) is 5.81. The van der Waals surface area contributed by atoms with Crippen molar-refractivity contribution in [1.29, 1.82) is 0 Å². The average molecular weight is 402 g/mol. The number of nitrogens with zero attached hydrogens (tertiary/aromatic N) is 2. The van der Waals surface area contributed by atoms with Gasteiger partial charge >= 0.3 is 23.9 Å². The van der Waals surface area contributed by atoms with Crippen LogP contribution in [0.3, 0.4) is 0 Å². The summed E-state index contributed by atoms with van der Waals surface area (Å²) < 4.78 is 0. The summed E-state index contributed by atoms with van der Waals surface area (Å²) in [4.78, 5) is 44.2. The number of hydrogen-bond donors (Lipinski definition) is 6. The highest BCUT2D eigenvalue weighted by Gasteiger charge is 2.20. The summed E-state index contributed by atoms with van der Waals surface area (Å²) in [6, 6.07) is 0. The number of hydrazine groups is 3. The number of rotatable bonds is 8. The fourth-order valence-corrected chi connectivity index (χ4v) is 2.81. The molecule has 1 atom stereocenters. The fraction of sp³-hybridized carbons (Fsp3) is 0.625. The van der Waals surface area contributed by atoms with E-state index in [0.717, 1.165) is 0 Å². The Morgan fingerprint density at radius 1 is 0.893 bits per heavy atom. The molecule has 12 heteroatoms. The minimum atomic E-state index is -1.12. The zero-order valence-corrected chi connectivity index (χ0v) is 15.3. The van der Waals surface area contributed by atoms with Crippen molar-refractivity contribution in [3.05, 3.63) is 11.6 Å². The first-order valence-electron chi connectivity index (χ1n) is 8.72. The molecule has 6 N–H and O–H groups in total. The zero-order chi connectivity index (χ0) is 21.1. The standard InChI is InChI=1S/C16H26N4O8/c21-13(22)7-11-1-2-12(8-14(23)24)4-6-20(10-16(27)28)18-17-19(5-3-11)9-15(25)26/h3,12,17-18H,1-2,4-10H2,(H,21,22)(H,23,24)(H,25,26)(H,27,28)/b11-3+. The first kappa shape index (κ1) is 23.5. The molecule has 1 aliphatic rings. The second kappa shape index (κ2) is 12.0. The van der Waals surface area contributed by atoms with E-state index in [4.69, 9.17) is 20.4 Å². The Balaban J connectivity index is 3.00. The maximum absolute atomic E-state index is 11.1. The van der Waals surface area contributed by atoms with Gasteiger partial charge in [0, 0.05) is 19.5 Å². The Morgan fingerprint density at radius 3 is 2.07 bits per heavy atom. The van der Waals surface area contributed by atoms with E-state index >= 15 is 0 Å². The lowest BCUT2D eigenvalue weighted by Crippen LogP contribution is -2.57. The molecule has 158 valence electrons. The van der Waals surface area contributed by atoms with Gasteiger partial charge in [-0.25, -0.2) is 10.0 Å². The molecular formula is C16H26N4O8. The first-order chi connectivity index (χ1) is 13.2. The second-order valence-corrected chi connectivity index (χ2v) is 6.54. The van der Waals surface area contributed by atoms with E-state index in [9.17, 15) is 19.2 Å². The van der Waals surface area contributed by atoms with E-state index in [-0.39, 0.29) is 38.4 Å². The normalized spacial score (nSPS) is 22.3. The van der Waals surface area contributed by atoms with Crippen molar-refractivity contribution in [1.82, 2.24) is 21.1 Å². The van der Waals surface area contributed by atoms with Crippen molar-refractivity contribution in [3.8, 4) is 0 Å². The number of hydrogen-bond acceptors (Lipinski definition) is 8. The van der Waals surface area contributed by atoms with Gasteiger partial charge in [0.25, 0.3) is 0 Å². The number of aliphatic carboxylic acids is 4. The third-order valence-electron chi connectivity index (χ3n) is 4.14. The summed E-state index contributed by atoms with van der Waals surface area (Å²) in [5, 5.41) is 38.8. The Hall–Kier alpha value is -2.54. The minimum absolute atomic E-state index is 0.0619. The highest BCUT2D eigenvalue weighted by molar-refractivity contribution is 5.70. The maximum Gasteiger partial charge on any atom is 0.319 e. The molecule has 0 spiro atoms. The number of carboxylic acid groups (broad SMARTS) is 4. The van der Waals surface area contributed by atoms with Crippen molar-refractivity contribution in [3.63, 3.8) is 0 Å². The third-order valence-corrected chi connectivity index (χ3v) is 4.14. The van der Waals surface area contributed by atoms with Gasteiger partial charge in [-0.3, -0.25) is 19.2 Å². The molecule has 0 aromatic heterocycles. The van der Waals surface area contributed by atoms with E-state index < -0.39 is 30.4 Å². The minimum Gasteiger partial charge on any atom is -0.481 e. The summed E-state index contributed by atoms with van der Waals surface area (Å²) in [5.74, 6) is -4.51. The van der Waals surface area contributed by atoms with Gasteiger partial charge in [-0.1, -0.05) is 11.6 Å². The molecule has 1 rings (SSSR count). The van der Waals surface area contributed by atoms with Gasteiger partial charge in [-0.2, -0.15) is 11.1 Å². The highest BCUT2D eigenvalue weighted by atomic mass is 16.4. The SMILES string of the molecule is O=C(O)C/C1=C/CN(CC(=O)O)NNN(CC(=O)O)CCC(CC(=O)O)CC1. The molecule has 28 heavy (non-hydrogen) atoms. The molecule has 0 amide bonds. The van der Waals surface area contributed by atoms with E-state index in [1.165, 1.54) is 10.0 Å². The van der Waals surface area contributed by atoms with Crippen molar-refractivity contribution in [2.24, 2.45) is 5.92 Å². The molecule has 0 radical (unpaired) electrons. The van der Waals surface area contributed by atoms with Crippen LogP contribution in [0.1, 0.15) is 32.1 Å². The molecule has 0 aromatic carbocycles. The predicted molar refractivity (Wildman–Crippen MR) is 94.6 cm³/mol. The topological polar surface area (TPSA) is 180 Å². The smallest absolute Gasteiger partial charge is 0.319 e. The average Bonchev–Trinajstić information content (AvgIpc) is 2.55. The summed E-state index contributed by atoms with van der Waals surface area (Å²) in [6.45, 7) is -0.525. The van der Waals surface area contributed by atoms with Crippen LogP contribution in [0.2, 0.25) is 0 Å². The number of carbonyl (C=O) groups is 4. The molecule has 0 saturated carbocycles. The monoisotopic (exact) mass is 402 g/mol. The molecule has 1 heterocycles. The van der Waals surface area contributed by atoms with Crippen LogP contribution in [0, 0.1) is 5.92 Å². The molecule has 0 aromatic rings. The van der Waals surface area contributed by atoms with Crippen LogP contribution >= 0.6 is 0 Å². The highest BCUT2D eigenvalue weighted by Crippen LogP contribution is 2.21. The molecule has 0 bridgehead atoms. The molecule has 0 aliphatic carbocycles. The summed E-state index contributed by atoms with van der Waals surface area (Å²) in [6.07, 6.45) is 2.41. The molecule has 0 saturated heterocycles. The maximum atomic E-state index is 11.1. The number of nitrogens with one attached hydrogen (secondary N) is 2. The number of carboxylic acids is 4. The van der Waals surface area contributed by atoms with Gasteiger partial charge in [0.1, 0.15) is 13.1 Å². The van der Waals surface area contributed by atoms with Crippen molar-refractivity contribution in [2.75, 3.05) is 26.2 Å². The quantitative estimate of drug-likeness (QED) is 0.283. The Morgan fingerprint density at radius 2 is 1.50 bits per heavy atom. The fourth-order valence-electron chi connectivity index (χ4n) is 2.81. The summed E-state index contributed by atoms with van der Waals surface area (Å²) in [7, 11) is 0. The lowest BCUT2D eigenvalue weighted by atomic mass is 9.92. The Labute approximate surface area is 161 Å². The van der Waals surface area contributed by atoms with Crippen LogP contribution in [0.4, 0.5) is 0 Å². The van der Waals surface area contributed by atoms with Crippen molar-refractivity contribution in [2.45, 2.75) is 32.1 Å². The van der Waals surface area contributed by atoms with Crippen molar-refractivity contribution >= 4 is 23.9 Å². The predicted octanol–water partition coefficient (Wildman–Crippen LogP) is -0.640. The van der Waals surface area contributed by atoms with Gasteiger partial charge in [0.15, 0.2) is 0 Å². The van der Waals surface area contributed by atoms with E-state index in [0.29, 0.717) is 24.8 Å². The van der Waals surface area contributed by atoms with Gasteiger partial charge in [0.2, 0.25) is 0 Å². The third kappa shape index (κ3) is 10.6. The van der Waals surface area contributed by atoms with Crippen LogP contribution in [0.5, 0.6) is 0 Å². The molecule has 12 nitrogen and oxygen atoms in total. The largest absolute Gasteiger partial charge is 0.481 e. The Kier molecular flexibility index (Phi) is 10.1. The molecule has 1 unspecified atom stereocenters. The van der Waals surface area contributed by atoms with E-state index in [1.54, 1.807) is 6.08 Å².